The van der Waals surface area contributed by atoms with E-state index in [9.17, 15) is 4.79 Å². The number of hydrogen-bond donors (Lipinski definition) is 2. The zero-order valence-corrected chi connectivity index (χ0v) is 11.6. The van der Waals surface area contributed by atoms with Crippen molar-refractivity contribution >= 4 is 5.91 Å². The van der Waals surface area contributed by atoms with Gasteiger partial charge in [0.15, 0.2) is 0 Å². The first-order chi connectivity index (χ1) is 9.74. The molecule has 0 bridgehead atoms. The summed E-state index contributed by atoms with van der Waals surface area (Å²) in [4.78, 5) is 12.1. The van der Waals surface area contributed by atoms with E-state index in [4.69, 9.17) is 9.84 Å². The van der Waals surface area contributed by atoms with Crippen molar-refractivity contribution in [3.05, 3.63) is 29.3 Å². The van der Waals surface area contributed by atoms with Gasteiger partial charge in [0.25, 0.3) is 5.91 Å². The second kappa shape index (κ2) is 6.97. The Balaban J connectivity index is 2.08. The number of aliphatic hydroxyl groups excluding tert-OH is 1. The van der Waals surface area contributed by atoms with E-state index in [1.165, 1.54) is 19.3 Å². The van der Waals surface area contributed by atoms with Crippen LogP contribution in [0.4, 0.5) is 0 Å². The van der Waals surface area contributed by atoms with E-state index in [0.717, 1.165) is 6.54 Å². The molecule has 20 heavy (non-hydrogen) atoms. The quantitative estimate of drug-likeness (QED) is 0.819. The van der Waals surface area contributed by atoms with Crippen LogP contribution in [0.15, 0.2) is 18.2 Å². The van der Waals surface area contributed by atoms with E-state index in [1.807, 2.05) is 0 Å². The summed E-state index contributed by atoms with van der Waals surface area (Å²) in [5.41, 5.74) is 1.17. The van der Waals surface area contributed by atoms with Gasteiger partial charge < -0.3 is 15.2 Å². The van der Waals surface area contributed by atoms with Crippen molar-refractivity contribution in [3.8, 4) is 17.6 Å². The fraction of sp³-hybridized carbons (Fsp3) is 0.438. The molecule has 106 valence electrons. The van der Waals surface area contributed by atoms with Crippen molar-refractivity contribution in [2.75, 3.05) is 20.3 Å². The average Bonchev–Trinajstić information content (AvgIpc) is 2.42. The van der Waals surface area contributed by atoms with Gasteiger partial charge >= 0.3 is 0 Å². The third-order valence-corrected chi connectivity index (χ3v) is 3.54. The van der Waals surface area contributed by atoms with Crippen LogP contribution >= 0.6 is 0 Å². The van der Waals surface area contributed by atoms with E-state index in [-0.39, 0.29) is 12.5 Å². The number of amides is 1. The number of aliphatic hydroxyl groups is 1. The Morgan fingerprint density at radius 2 is 2.30 bits per heavy atom. The molecule has 2 rings (SSSR count). The molecule has 4 nitrogen and oxygen atoms in total. The van der Waals surface area contributed by atoms with Gasteiger partial charge in [0.1, 0.15) is 12.4 Å². The van der Waals surface area contributed by atoms with E-state index >= 15 is 0 Å². The molecule has 1 saturated carbocycles. The first-order valence-corrected chi connectivity index (χ1v) is 6.80. The Morgan fingerprint density at radius 3 is 2.90 bits per heavy atom. The number of nitrogens with one attached hydrogen (secondary N) is 1. The first kappa shape index (κ1) is 14.4. The summed E-state index contributed by atoms with van der Waals surface area (Å²) in [7, 11) is 1.55. The van der Waals surface area contributed by atoms with Gasteiger partial charge in [0, 0.05) is 12.1 Å². The summed E-state index contributed by atoms with van der Waals surface area (Å²) in [6.07, 6.45) is 3.68. The molecule has 0 spiro atoms. The summed E-state index contributed by atoms with van der Waals surface area (Å²) in [6.45, 7) is 0.518. The molecule has 0 saturated heterocycles. The van der Waals surface area contributed by atoms with Crippen LogP contribution in [0.25, 0.3) is 0 Å². The molecule has 0 aromatic heterocycles. The zero-order chi connectivity index (χ0) is 14.4. The van der Waals surface area contributed by atoms with Crippen LogP contribution in [0, 0.1) is 17.8 Å². The number of rotatable bonds is 4. The van der Waals surface area contributed by atoms with Crippen molar-refractivity contribution in [1.29, 1.82) is 0 Å². The van der Waals surface area contributed by atoms with Crippen molar-refractivity contribution in [2.45, 2.75) is 19.3 Å². The molecule has 0 unspecified atom stereocenters. The van der Waals surface area contributed by atoms with Crippen LogP contribution < -0.4 is 10.1 Å². The summed E-state index contributed by atoms with van der Waals surface area (Å²) < 4.78 is 5.19. The standard InChI is InChI=1S/C16H19NO3/c1-20-15-8-7-14(10-13(15)6-3-9-18)16(19)17-11-12-4-2-5-12/h7-8,10,12,18H,2,4-5,9,11H2,1H3,(H,17,19). The largest absolute Gasteiger partial charge is 0.495 e. The maximum Gasteiger partial charge on any atom is 0.251 e. The third kappa shape index (κ3) is 3.52. The summed E-state index contributed by atoms with van der Waals surface area (Å²) >= 11 is 0. The minimum Gasteiger partial charge on any atom is -0.495 e. The summed E-state index contributed by atoms with van der Waals surface area (Å²) in [5, 5.41) is 11.7. The number of ether oxygens (including phenoxy) is 1. The smallest absolute Gasteiger partial charge is 0.251 e. The number of hydrogen-bond acceptors (Lipinski definition) is 3. The molecule has 0 heterocycles. The Labute approximate surface area is 119 Å². The maximum absolute atomic E-state index is 12.1. The predicted octanol–water partition coefficient (Wildman–Crippen LogP) is 1.57. The molecule has 1 aliphatic rings. The Bertz CT molecular complexity index is 538. The molecule has 0 radical (unpaired) electrons. The molecule has 4 heteroatoms. The molecule has 1 aliphatic carbocycles. The molecular formula is C16H19NO3. The highest BCUT2D eigenvalue weighted by Crippen LogP contribution is 2.25. The molecule has 1 fully saturated rings. The van der Waals surface area contributed by atoms with Gasteiger partial charge in [-0.1, -0.05) is 18.3 Å². The van der Waals surface area contributed by atoms with Crippen LogP contribution in [-0.2, 0) is 0 Å². The van der Waals surface area contributed by atoms with E-state index in [1.54, 1.807) is 25.3 Å². The number of benzene rings is 1. The van der Waals surface area contributed by atoms with Crippen molar-refractivity contribution in [3.63, 3.8) is 0 Å². The normalized spacial score (nSPS) is 13.9. The molecule has 0 atom stereocenters. The highest BCUT2D eigenvalue weighted by molar-refractivity contribution is 5.94. The number of methoxy groups -OCH3 is 1. The van der Waals surface area contributed by atoms with Gasteiger partial charge in [-0.2, -0.15) is 0 Å². The van der Waals surface area contributed by atoms with Gasteiger partial charge in [0.05, 0.1) is 12.7 Å². The van der Waals surface area contributed by atoms with Gasteiger partial charge in [0.2, 0.25) is 0 Å². The molecule has 1 aromatic rings. The molecule has 0 aliphatic heterocycles. The van der Waals surface area contributed by atoms with Crippen LogP contribution in [0.2, 0.25) is 0 Å². The Morgan fingerprint density at radius 1 is 1.50 bits per heavy atom. The average molecular weight is 273 g/mol. The van der Waals surface area contributed by atoms with Crippen LogP contribution in [-0.4, -0.2) is 31.3 Å². The van der Waals surface area contributed by atoms with Crippen molar-refractivity contribution in [2.24, 2.45) is 5.92 Å². The lowest BCUT2D eigenvalue weighted by atomic mass is 9.85. The van der Waals surface area contributed by atoms with Gasteiger partial charge in [-0.25, -0.2) is 0 Å². The van der Waals surface area contributed by atoms with E-state index < -0.39 is 0 Å². The van der Waals surface area contributed by atoms with Gasteiger partial charge in [-0.3, -0.25) is 4.79 Å². The topological polar surface area (TPSA) is 58.6 Å². The summed E-state index contributed by atoms with van der Waals surface area (Å²) in [5.74, 6) is 6.50. The Kier molecular flexibility index (Phi) is 5.03. The fourth-order valence-electron chi connectivity index (χ4n) is 2.12. The van der Waals surface area contributed by atoms with Crippen LogP contribution in [0.1, 0.15) is 35.2 Å². The van der Waals surface area contributed by atoms with Crippen molar-refractivity contribution in [1.82, 2.24) is 5.32 Å². The highest BCUT2D eigenvalue weighted by atomic mass is 16.5. The predicted molar refractivity (Wildman–Crippen MR) is 76.6 cm³/mol. The first-order valence-electron chi connectivity index (χ1n) is 6.80. The molecule has 1 aromatic carbocycles. The van der Waals surface area contributed by atoms with Crippen molar-refractivity contribution < 1.29 is 14.6 Å². The lowest BCUT2D eigenvalue weighted by Crippen LogP contribution is -2.32. The van der Waals surface area contributed by atoms with Gasteiger partial charge in [-0.15, -0.1) is 0 Å². The minimum atomic E-state index is -0.221. The van der Waals surface area contributed by atoms with Gasteiger partial charge in [-0.05, 0) is 37.0 Å². The van der Waals surface area contributed by atoms with E-state index in [2.05, 4.69) is 17.2 Å². The van der Waals surface area contributed by atoms with Crippen LogP contribution in [0.5, 0.6) is 5.75 Å². The second-order valence-electron chi connectivity index (χ2n) is 4.88. The monoisotopic (exact) mass is 273 g/mol. The SMILES string of the molecule is COc1ccc(C(=O)NCC2CCC2)cc1C#CCO. The third-order valence-electron chi connectivity index (χ3n) is 3.54. The minimum absolute atomic E-state index is 0.0911. The maximum atomic E-state index is 12.1. The van der Waals surface area contributed by atoms with Crippen LogP contribution in [0.3, 0.4) is 0 Å². The second-order valence-corrected chi connectivity index (χ2v) is 4.88. The molecule has 1 amide bonds. The number of carbonyl (C=O) groups excluding carboxylic acids is 1. The lowest BCUT2D eigenvalue weighted by Gasteiger charge is -2.25. The Hall–Kier alpha value is -1.99. The lowest BCUT2D eigenvalue weighted by molar-refractivity contribution is 0.0939. The fourth-order valence-corrected chi connectivity index (χ4v) is 2.12. The highest BCUT2D eigenvalue weighted by Gasteiger charge is 2.18. The zero-order valence-electron chi connectivity index (χ0n) is 11.6. The molecule has 2 N–H and O–H groups in total. The molecular weight excluding hydrogens is 254 g/mol. The van der Waals surface area contributed by atoms with E-state index in [0.29, 0.717) is 22.8 Å². The number of carbonyl (C=O) groups is 1. The summed E-state index contributed by atoms with van der Waals surface area (Å²) in [6, 6.07) is 5.14.